The highest BCUT2D eigenvalue weighted by Gasteiger charge is 2.35. The monoisotopic (exact) mass is 232 g/mol. The number of alkyl halides is 3. The van der Waals surface area contributed by atoms with E-state index < -0.39 is 11.9 Å². The van der Waals surface area contributed by atoms with E-state index in [-0.39, 0.29) is 5.69 Å². The highest BCUT2D eigenvalue weighted by molar-refractivity contribution is 5.44. The van der Waals surface area contributed by atoms with E-state index in [0.717, 1.165) is 25.6 Å². The molecule has 0 radical (unpaired) electrons. The quantitative estimate of drug-likeness (QED) is 0.869. The third-order valence-corrected chi connectivity index (χ3v) is 2.43. The lowest BCUT2D eigenvalue weighted by Crippen LogP contribution is -2.41. The molecule has 2 heterocycles. The van der Waals surface area contributed by atoms with Crippen molar-refractivity contribution in [1.29, 1.82) is 0 Å². The topological polar surface area (TPSA) is 38.1 Å². The molecule has 0 bridgehead atoms. The summed E-state index contributed by atoms with van der Waals surface area (Å²) < 4.78 is 40.6. The molecule has 6 heteroatoms. The molecule has 0 aromatic carbocycles. The fourth-order valence-corrected chi connectivity index (χ4v) is 1.40. The molecule has 0 atom stereocenters. The molecule has 1 aliphatic heterocycles. The minimum absolute atomic E-state index is 0.208. The summed E-state index contributed by atoms with van der Waals surface area (Å²) in [5.74, 6) is -0.470. The van der Waals surface area contributed by atoms with E-state index in [1.54, 1.807) is 6.08 Å². The van der Waals surface area contributed by atoms with E-state index in [1.165, 1.54) is 0 Å². The molecule has 1 aromatic rings. The lowest BCUT2D eigenvalue weighted by Gasteiger charge is -2.25. The summed E-state index contributed by atoms with van der Waals surface area (Å²) in [6, 6.07) is 0.898. The molecule has 1 saturated heterocycles. The highest BCUT2D eigenvalue weighted by atomic mass is 19.4. The lowest BCUT2D eigenvalue weighted by atomic mass is 9.99. The maximum Gasteiger partial charge on any atom is 0.452 e. The SMILES string of the molecule is FC(F)(F)c1cc(C=CCC2CNC2)no1. The summed E-state index contributed by atoms with van der Waals surface area (Å²) in [6.45, 7) is 1.94. The van der Waals surface area contributed by atoms with Gasteiger partial charge in [0.25, 0.3) is 0 Å². The Bertz CT molecular complexity index is 380. The molecule has 0 amide bonds. The summed E-state index contributed by atoms with van der Waals surface area (Å²) in [7, 11) is 0. The average Bonchev–Trinajstić information content (AvgIpc) is 2.56. The Morgan fingerprint density at radius 3 is 2.75 bits per heavy atom. The Labute approximate surface area is 90.3 Å². The first-order chi connectivity index (χ1) is 7.55. The van der Waals surface area contributed by atoms with Gasteiger partial charge in [-0.1, -0.05) is 11.2 Å². The molecule has 1 aliphatic rings. The van der Waals surface area contributed by atoms with Crippen molar-refractivity contribution in [1.82, 2.24) is 10.5 Å². The van der Waals surface area contributed by atoms with E-state index in [2.05, 4.69) is 15.0 Å². The Balaban J connectivity index is 1.91. The second kappa shape index (κ2) is 4.29. The molecule has 1 N–H and O–H groups in total. The van der Waals surface area contributed by atoms with Gasteiger partial charge in [-0.2, -0.15) is 13.2 Å². The van der Waals surface area contributed by atoms with Crippen molar-refractivity contribution in [2.75, 3.05) is 13.1 Å². The predicted molar refractivity (Wildman–Crippen MR) is 51.5 cm³/mol. The average molecular weight is 232 g/mol. The van der Waals surface area contributed by atoms with Crippen molar-refractivity contribution in [3.8, 4) is 0 Å². The van der Waals surface area contributed by atoms with Crippen molar-refractivity contribution in [3.63, 3.8) is 0 Å². The molecule has 3 nitrogen and oxygen atoms in total. The van der Waals surface area contributed by atoms with Crippen LogP contribution in [-0.4, -0.2) is 18.2 Å². The zero-order chi connectivity index (χ0) is 11.6. The molecule has 0 saturated carbocycles. The largest absolute Gasteiger partial charge is 0.452 e. The number of hydrogen-bond acceptors (Lipinski definition) is 3. The van der Waals surface area contributed by atoms with Gasteiger partial charge in [-0.3, -0.25) is 0 Å². The van der Waals surface area contributed by atoms with Crippen LogP contribution in [0.15, 0.2) is 16.7 Å². The Morgan fingerprint density at radius 2 is 2.25 bits per heavy atom. The van der Waals surface area contributed by atoms with Gasteiger partial charge in [-0.15, -0.1) is 0 Å². The second-order valence-electron chi connectivity index (χ2n) is 3.78. The molecular weight excluding hydrogens is 221 g/mol. The van der Waals surface area contributed by atoms with Crippen molar-refractivity contribution in [2.24, 2.45) is 5.92 Å². The van der Waals surface area contributed by atoms with Crippen molar-refractivity contribution in [3.05, 3.63) is 23.6 Å². The number of aromatic nitrogens is 1. The molecule has 16 heavy (non-hydrogen) atoms. The van der Waals surface area contributed by atoms with Gasteiger partial charge in [-0.25, -0.2) is 0 Å². The first kappa shape index (κ1) is 11.2. The van der Waals surface area contributed by atoms with Crippen LogP contribution in [0.5, 0.6) is 0 Å². The second-order valence-corrected chi connectivity index (χ2v) is 3.78. The number of hydrogen-bond donors (Lipinski definition) is 1. The van der Waals surface area contributed by atoms with Crippen LogP contribution in [-0.2, 0) is 6.18 Å². The van der Waals surface area contributed by atoms with Gasteiger partial charge in [0, 0.05) is 6.07 Å². The Morgan fingerprint density at radius 1 is 1.50 bits per heavy atom. The van der Waals surface area contributed by atoms with Crippen LogP contribution in [0, 0.1) is 5.92 Å². The molecule has 2 rings (SSSR count). The van der Waals surface area contributed by atoms with Crippen LogP contribution in [0.25, 0.3) is 6.08 Å². The van der Waals surface area contributed by atoms with Gasteiger partial charge in [-0.05, 0) is 31.5 Å². The number of nitrogens with zero attached hydrogens (tertiary/aromatic N) is 1. The van der Waals surface area contributed by atoms with Gasteiger partial charge in [0.2, 0.25) is 5.76 Å². The van der Waals surface area contributed by atoms with Gasteiger partial charge in [0.1, 0.15) is 5.69 Å². The van der Waals surface area contributed by atoms with Crippen molar-refractivity contribution >= 4 is 6.08 Å². The summed E-state index contributed by atoms with van der Waals surface area (Å²) in [5, 5.41) is 6.44. The normalized spacial score (nSPS) is 17.9. The minimum Gasteiger partial charge on any atom is -0.351 e. The molecule has 0 unspecified atom stereocenters. The molecular formula is C10H11F3N2O. The fraction of sp³-hybridized carbons (Fsp3) is 0.500. The van der Waals surface area contributed by atoms with Gasteiger partial charge in [0.05, 0.1) is 0 Å². The number of halogens is 3. The summed E-state index contributed by atoms with van der Waals surface area (Å²) in [6.07, 6.45) is -0.237. The highest BCUT2D eigenvalue weighted by Crippen LogP contribution is 2.29. The maximum atomic E-state index is 12.1. The van der Waals surface area contributed by atoms with Crippen LogP contribution in [0.1, 0.15) is 17.9 Å². The number of allylic oxidation sites excluding steroid dienone is 1. The van der Waals surface area contributed by atoms with E-state index in [4.69, 9.17) is 0 Å². The Hall–Kier alpha value is -1.30. The van der Waals surface area contributed by atoms with Crippen molar-refractivity contribution in [2.45, 2.75) is 12.6 Å². The molecule has 1 aromatic heterocycles. The van der Waals surface area contributed by atoms with Crippen LogP contribution in [0.2, 0.25) is 0 Å². The summed E-state index contributed by atoms with van der Waals surface area (Å²) in [4.78, 5) is 0. The zero-order valence-corrected chi connectivity index (χ0v) is 8.42. The smallest absolute Gasteiger partial charge is 0.351 e. The third kappa shape index (κ3) is 2.63. The van der Waals surface area contributed by atoms with Crippen LogP contribution in [0.3, 0.4) is 0 Å². The first-order valence-corrected chi connectivity index (χ1v) is 4.97. The summed E-state index contributed by atoms with van der Waals surface area (Å²) in [5.41, 5.74) is 0.208. The number of nitrogens with one attached hydrogen (secondary N) is 1. The van der Waals surface area contributed by atoms with Crippen LogP contribution < -0.4 is 5.32 Å². The van der Waals surface area contributed by atoms with E-state index in [0.29, 0.717) is 5.92 Å². The molecule has 1 fully saturated rings. The van der Waals surface area contributed by atoms with Crippen LogP contribution in [0.4, 0.5) is 13.2 Å². The van der Waals surface area contributed by atoms with Crippen molar-refractivity contribution < 1.29 is 17.7 Å². The van der Waals surface area contributed by atoms with Gasteiger partial charge in [0.15, 0.2) is 0 Å². The van der Waals surface area contributed by atoms with E-state index in [1.807, 2.05) is 6.08 Å². The molecule has 0 spiro atoms. The van der Waals surface area contributed by atoms with Gasteiger partial charge >= 0.3 is 6.18 Å². The standard InChI is InChI=1S/C10H11F3N2O/c11-10(12,13)9-4-8(15-16-9)3-1-2-7-5-14-6-7/h1,3-4,7,14H,2,5-6H2. The fourth-order valence-electron chi connectivity index (χ4n) is 1.40. The first-order valence-electron chi connectivity index (χ1n) is 4.97. The number of rotatable bonds is 3. The third-order valence-electron chi connectivity index (χ3n) is 2.43. The molecule has 88 valence electrons. The van der Waals surface area contributed by atoms with Gasteiger partial charge < -0.3 is 9.84 Å². The lowest BCUT2D eigenvalue weighted by molar-refractivity contribution is -0.155. The zero-order valence-electron chi connectivity index (χ0n) is 8.42. The molecule has 0 aliphatic carbocycles. The van der Waals surface area contributed by atoms with E-state index >= 15 is 0 Å². The summed E-state index contributed by atoms with van der Waals surface area (Å²) >= 11 is 0. The maximum absolute atomic E-state index is 12.1. The Kier molecular flexibility index (Phi) is 3.00. The predicted octanol–water partition coefficient (Wildman–Crippen LogP) is 2.32. The van der Waals surface area contributed by atoms with E-state index in [9.17, 15) is 13.2 Å². The van der Waals surface area contributed by atoms with Crippen LogP contribution >= 0.6 is 0 Å². The minimum atomic E-state index is -4.46.